The van der Waals surface area contributed by atoms with E-state index in [0.29, 0.717) is 29.0 Å². The van der Waals surface area contributed by atoms with Gasteiger partial charge >= 0.3 is 11.8 Å². The van der Waals surface area contributed by atoms with E-state index < -0.39 is 11.8 Å². The van der Waals surface area contributed by atoms with Gasteiger partial charge in [0.05, 0.1) is 0 Å². The van der Waals surface area contributed by atoms with Crippen molar-refractivity contribution in [2.24, 2.45) is 17.8 Å². The number of amides is 2. The van der Waals surface area contributed by atoms with Gasteiger partial charge in [-0.25, -0.2) is 0 Å². The summed E-state index contributed by atoms with van der Waals surface area (Å²) in [6.45, 7) is 2.19. The molecule has 6 nitrogen and oxygen atoms in total. The van der Waals surface area contributed by atoms with Crippen molar-refractivity contribution in [3.63, 3.8) is 0 Å². The Balaban J connectivity index is 1.33. The van der Waals surface area contributed by atoms with Gasteiger partial charge in [-0.15, -0.1) is 0 Å². The summed E-state index contributed by atoms with van der Waals surface area (Å²) in [4.78, 5) is 24.3. The van der Waals surface area contributed by atoms with Gasteiger partial charge in [-0.2, -0.15) is 0 Å². The number of hydrogen-bond acceptors (Lipinski definition) is 4. The maximum Gasteiger partial charge on any atom is 0.313 e. The van der Waals surface area contributed by atoms with E-state index >= 15 is 0 Å². The fourth-order valence-electron chi connectivity index (χ4n) is 4.45. The van der Waals surface area contributed by atoms with E-state index in [4.69, 9.17) is 9.47 Å². The van der Waals surface area contributed by atoms with Crippen LogP contribution in [0, 0.1) is 17.8 Å². The van der Waals surface area contributed by atoms with E-state index in [1.165, 1.54) is 25.7 Å². The van der Waals surface area contributed by atoms with Crippen LogP contribution in [0.3, 0.4) is 0 Å². The smallest absolute Gasteiger partial charge is 0.313 e. The number of rotatable bonds is 3. The third kappa shape index (κ3) is 2.81. The fourth-order valence-corrected chi connectivity index (χ4v) is 4.45. The molecule has 0 radical (unpaired) electrons. The summed E-state index contributed by atoms with van der Waals surface area (Å²) in [5.74, 6) is 2.02. The van der Waals surface area contributed by atoms with Crippen LogP contribution in [0.4, 0.5) is 5.69 Å². The molecule has 2 N–H and O–H groups in total. The molecular formula is C18H22N2O4. The minimum absolute atomic E-state index is 0.0373. The summed E-state index contributed by atoms with van der Waals surface area (Å²) in [6, 6.07) is 5.11. The molecule has 2 aliphatic carbocycles. The first-order chi connectivity index (χ1) is 11.6. The molecule has 1 heterocycles. The Bertz CT molecular complexity index is 675. The SMILES string of the molecule is CC(NC(=O)C(=O)Nc1ccc2c(c1)OCO2)C1CC2CCC1C2. The average Bonchev–Trinajstić information content (AvgIpc) is 3.30. The number of carbonyl (C=O) groups is 2. The zero-order valence-corrected chi connectivity index (χ0v) is 13.7. The van der Waals surface area contributed by atoms with Gasteiger partial charge in [-0.3, -0.25) is 9.59 Å². The van der Waals surface area contributed by atoms with Crippen LogP contribution in [-0.2, 0) is 9.59 Å². The second-order valence-electron chi connectivity index (χ2n) is 7.12. The first kappa shape index (κ1) is 15.3. The fraction of sp³-hybridized carbons (Fsp3) is 0.556. The highest BCUT2D eigenvalue weighted by molar-refractivity contribution is 6.39. The lowest BCUT2D eigenvalue weighted by atomic mass is 9.84. The Kier molecular flexibility index (Phi) is 3.82. The van der Waals surface area contributed by atoms with E-state index in [1.54, 1.807) is 18.2 Å². The Morgan fingerprint density at radius 1 is 1.12 bits per heavy atom. The zero-order valence-electron chi connectivity index (χ0n) is 13.7. The van der Waals surface area contributed by atoms with Crippen LogP contribution in [-0.4, -0.2) is 24.6 Å². The molecule has 4 atom stereocenters. The molecule has 1 aromatic carbocycles. The molecule has 1 aromatic rings. The first-order valence-electron chi connectivity index (χ1n) is 8.61. The topological polar surface area (TPSA) is 76.7 Å². The average molecular weight is 330 g/mol. The summed E-state index contributed by atoms with van der Waals surface area (Å²) in [5.41, 5.74) is 0.520. The van der Waals surface area contributed by atoms with Gasteiger partial charge in [0.25, 0.3) is 0 Å². The predicted octanol–water partition coefficient (Wildman–Crippen LogP) is 2.29. The number of anilines is 1. The van der Waals surface area contributed by atoms with Crippen LogP contribution in [0.25, 0.3) is 0 Å². The van der Waals surface area contributed by atoms with Crippen LogP contribution >= 0.6 is 0 Å². The Hall–Kier alpha value is -2.24. The Labute approximate surface area is 140 Å². The van der Waals surface area contributed by atoms with Gasteiger partial charge in [0, 0.05) is 17.8 Å². The molecule has 3 aliphatic rings. The van der Waals surface area contributed by atoms with Crippen LogP contribution in [0.15, 0.2) is 18.2 Å². The van der Waals surface area contributed by atoms with Crippen molar-refractivity contribution >= 4 is 17.5 Å². The number of benzene rings is 1. The van der Waals surface area contributed by atoms with Crippen molar-refractivity contribution in [1.82, 2.24) is 5.32 Å². The number of ether oxygens (including phenoxy) is 2. The van der Waals surface area contributed by atoms with Crippen LogP contribution < -0.4 is 20.1 Å². The van der Waals surface area contributed by atoms with Crippen LogP contribution in [0.1, 0.15) is 32.6 Å². The van der Waals surface area contributed by atoms with E-state index in [-0.39, 0.29) is 12.8 Å². The summed E-state index contributed by atoms with van der Waals surface area (Å²) < 4.78 is 10.5. The minimum atomic E-state index is -0.649. The molecule has 6 heteroatoms. The summed E-state index contributed by atoms with van der Waals surface area (Å²) in [7, 11) is 0. The standard InChI is InChI=1S/C18H22N2O4/c1-10(14-7-11-2-3-12(14)6-11)19-17(21)18(22)20-13-4-5-15-16(8-13)24-9-23-15/h4-5,8,10-12,14H,2-3,6-7,9H2,1H3,(H,19,21)(H,20,22). The molecule has 128 valence electrons. The molecule has 2 amide bonds. The largest absolute Gasteiger partial charge is 0.454 e. The second-order valence-corrected chi connectivity index (χ2v) is 7.12. The highest BCUT2D eigenvalue weighted by atomic mass is 16.7. The molecule has 2 fully saturated rings. The third-order valence-corrected chi connectivity index (χ3v) is 5.63. The van der Waals surface area contributed by atoms with Crippen molar-refractivity contribution in [3.8, 4) is 11.5 Å². The van der Waals surface area contributed by atoms with Crippen LogP contribution in [0.2, 0.25) is 0 Å². The van der Waals surface area contributed by atoms with Gasteiger partial charge in [0.15, 0.2) is 11.5 Å². The first-order valence-corrected chi connectivity index (χ1v) is 8.61. The molecule has 0 saturated heterocycles. The molecule has 1 aliphatic heterocycles. The quantitative estimate of drug-likeness (QED) is 0.834. The number of nitrogens with one attached hydrogen (secondary N) is 2. The molecule has 4 unspecified atom stereocenters. The summed E-state index contributed by atoms with van der Waals surface area (Å²) in [5, 5.41) is 5.49. The molecule has 4 rings (SSSR count). The third-order valence-electron chi connectivity index (χ3n) is 5.63. The molecular weight excluding hydrogens is 308 g/mol. The van der Waals surface area contributed by atoms with E-state index in [1.807, 2.05) is 6.92 Å². The Morgan fingerprint density at radius 3 is 2.71 bits per heavy atom. The maximum absolute atomic E-state index is 12.2. The van der Waals surface area contributed by atoms with Gasteiger partial charge in [0.1, 0.15) is 0 Å². The zero-order chi connectivity index (χ0) is 16.7. The molecule has 0 aromatic heterocycles. The number of hydrogen-bond donors (Lipinski definition) is 2. The monoisotopic (exact) mass is 330 g/mol. The number of carbonyl (C=O) groups excluding carboxylic acids is 2. The normalized spacial score (nSPS) is 27.8. The van der Waals surface area contributed by atoms with Crippen molar-refractivity contribution in [1.29, 1.82) is 0 Å². The lowest BCUT2D eigenvalue weighted by Gasteiger charge is -2.28. The van der Waals surface area contributed by atoms with Gasteiger partial charge in [0.2, 0.25) is 6.79 Å². The van der Waals surface area contributed by atoms with Crippen LogP contribution in [0.5, 0.6) is 11.5 Å². The predicted molar refractivity (Wildman–Crippen MR) is 87.7 cm³/mol. The van der Waals surface area contributed by atoms with E-state index in [9.17, 15) is 9.59 Å². The highest BCUT2D eigenvalue weighted by Crippen LogP contribution is 2.49. The Morgan fingerprint density at radius 2 is 1.96 bits per heavy atom. The van der Waals surface area contributed by atoms with E-state index in [2.05, 4.69) is 10.6 Å². The second kappa shape index (κ2) is 6.00. The van der Waals surface area contributed by atoms with Gasteiger partial charge < -0.3 is 20.1 Å². The van der Waals surface area contributed by atoms with Crippen molar-refractivity contribution in [3.05, 3.63) is 18.2 Å². The summed E-state index contributed by atoms with van der Waals surface area (Å²) in [6.07, 6.45) is 5.05. The van der Waals surface area contributed by atoms with Crippen molar-refractivity contribution in [2.45, 2.75) is 38.6 Å². The van der Waals surface area contributed by atoms with Gasteiger partial charge in [-0.05, 0) is 56.1 Å². The molecule has 2 bridgehead atoms. The lowest BCUT2D eigenvalue weighted by Crippen LogP contribution is -2.45. The molecule has 24 heavy (non-hydrogen) atoms. The van der Waals surface area contributed by atoms with Crippen molar-refractivity contribution in [2.75, 3.05) is 12.1 Å². The van der Waals surface area contributed by atoms with E-state index in [0.717, 1.165) is 5.92 Å². The highest BCUT2D eigenvalue weighted by Gasteiger charge is 2.42. The maximum atomic E-state index is 12.2. The lowest BCUT2D eigenvalue weighted by molar-refractivity contribution is -0.136. The number of fused-ring (bicyclic) bond motifs is 3. The van der Waals surface area contributed by atoms with Crippen molar-refractivity contribution < 1.29 is 19.1 Å². The molecule has 2 saturated carbocycles. The minimum Gasteiger partial charge on any atom is -0.454 e. The molecule has 0 spiro atoms. The summed E-state index contributed by atoms with van der Waals surface area (Å²) >= 11 is 0. The van der Waals surface area contributed by atoms with Gasteiger partial charge in [-0.1, -0.05) is 6.42 Å².